The molecule has 0 aliphatic carbocycles. The molecule has 0 saturated heterocycles. The number of aryl methyl sites for hydroxylation is 1. The van der Waals surface area contributed by atoms with Crippen LogP contribution >= 0.6 is 22.7 Å². The quantitative estimate of drug-likeness (QED) is 0.584. The number of nitrogens with two attached hydrogens (primary N) is 1. The Labute approximate surface area is 130 Å². The molecule has 0 saturated carbocycles. The van der Waals surface area contributed by atoms with Crippen molar-refractivity contribution in [3.63, 3.8) is 0 Å². The van der Waals surface area contributed by atoms with E-state index >= 15 is 0 Å². The summed E-state index contributed by atoms with van der Waals surface area (Å²) < 4.78 is 2.05. The number of thiazole rings is 1. The third-order valence-corrected chi connectivity index (χ3v) is 5.20. The number of hydrogen-bond donors (Lipinski definition) is 1. The maximum Gasteiger partial charge on any atom is 0.196 e. The van der Waals surface area contributed by atoms with Crippen molar-refractivity contribution >= 4 is 33.5 Å². The Hall–Kier alpha value is -2.11. The van der Waals surface area contributed by atoms with Crippen LogP contribution in [0.1, 0.15) is 5.56 Å². The summed E-state index contributed by atoms with van der Waals surface area (Å²) in [6.45, 7) is 2.09. The maximum atomic E-state index is 6.36. The van der Waals surface area contributed by atoms with E-state index in [9.17, 15) is 0 Å². The number of rotatable bonds is 2. The van der Waals surface area contributed by atoms with E-state index in [2.05, 4.69) is 47.6 Å². The smallest absolute Gasteiger partial charge is 0.196 e. The van der Waals surface area contributed by atoms with E-state index in [0.29, 0.717) is 5.82 Å². The fourth-order valence-corrected chi connectivity index (χ4v) is 4.03. The summed E-state index contributed by atoms with van der Waals surface area (Å²) in [4.78, 5) is 6.73. The molecule has 0 aliphatic rings. The van der Waals surface area contributed by atoms with Crippen molar-refractivity contribution < 1.29 is 0 Å². The Morgan fingerprint density at radius 1 is 1.10 bits per heavy atom. The second-order valence-corrected chi connectivity index (χ2v) is 6.71. The Bertz CT molecular complexity index is 899. The van der Waals surface area contributed by atoms with Crippen molar-refractivity contribution in [1.29, 1.82) is 0 Å². The van der Waals surface area contributed by atoms with E-state index in [-0.39, 0.29) is 0 Å². The molecule has 21 heavy (non-hydrogen) atoms. The molecule has 5 heteroatoms. The summed E-state index contributed by atoms with van der Waals surface area (Å²) in [5, 5.41) is 4.16. The van der Waals surface area contributed by atoms with Gasteiger partial charge in [0, 0.05) is 5.38 Å². The SMILES string of the molecule is Cc1ccc(-c2csc3nc(-c4cccs4)c(N)n23)cc1. The second-order valence-electron chi connectivity index (χ2n) is 4.93. The first kappa shape index (κ1) is 12.6. The molecule has 1 aromatic carbocycles. The van der Waals surface area contributed by atoms with Crippen LogP contribution in [-0.4, -0.2) is 9.38 Å². The van der Waals surface area contributed by atoms with Crippen LogP contribution in [0.3, 0.4) is 0 Å². The molecule has 0 bridgehead atoms. The fraction of sp³-hybridized carbons (Fsp3) is 0.0625. The average Bonchev–Trinajstić information content (AvgIpc) is 3.18. The van der Waals surface area contributed by atoms with Crippen LogP contribution in [0.2, 0.25) is 0 Å². The molecule has 3 aromatic heterocycles. The predicted octanol–water partition coefficient (Wildman–Crippen LogP) is 4.68. The van der Waals surface area contributed by atoms with Crippen LogP contribution in [0.5, 0.6) is 0 Å². The molecule has 3 nitrogen and oxygen atoms in total. The van der Waals surface area contributed by atoms with Gasteiger partial charge in [0.1, 0.15) is 11.5 Å². The molecule has 0 unspecified atom stereocenters. The summed E-state index contributed by atoms with van der Waals surface area (Å²) in [5.41, 5.74) is 10.7. The van der Waals surface area contributed by atoms with Gasteiger partial charge in [-0.2, -0.15) is 0 Å². The zero-order valence-corrected chi connectivity index (χ0v) is 13.0. The van der Waals surface area contributed by atoms with E-state index < -0.39 is 0 Å². The lowest BCUT2D eigenvalue weighted by molar-refractivity contribution is 1.24. The molecule has 4 aromatic rings. The maximum absolute atomic E-state index is 6.36. The van der Waals surface area contributed by atoms with Gasteiger partial charge in [-0.3, -0.25) is 4.40 Å². The molecule has 0 radical (unpaired) electrons. The molecule has 0 amide bonds. The highest BCUT2D eigenvalue weighted by atomic mass is 32.1. The Kier molecular flexibility index (Phi) is 2.83. The average molecular weight is 311 g/mol. The highest BCUT2D eigenvalue weighted by molar-refractivity contribution is 7.15. The van der Waals surface area contributed by atoms with Gasteiger partial charge >= 0.3 is 0 Å². The minimum atomic E-state index is 0.712. The van der Waals surface area contributed by atoms with E-state index in [1.165, 1.54) is 5.56 Å². The highest BCUT2D eigenvalue weighted by Crippen LogP contribution is 2.35. The molecule has 0 spiro atoms. The lowest BCUT2D eigenvalue weighted by Gasteiger charge is -2.03. The van der Waals surface area contributed by atoms with E-state index in [0.717, 1.165) is 26.8 Å². The van der Waals surface area contributed by atoms with E-state index in [1.54, 1.807) is 22.7 Å². The third-order valence-electron chi connectivity index (χ3n) is 3.50. The zero-order chi connectivity index (χ0) is 14.4. The third kappa shape index (κ3) is 1.97. The summed E-state index contributed by atoms with van der Waals surface area (Å²) in [7, 11) is 0. The minimum Gasteiger partial charge on any atom is -0.383 e. The number of anilines is 1. The lowest BCUT2D eigenvalue weighted by atomic mass is 10.1. The van der Waals surface area contributed by atoms with Crippen molar-refractivity contribution in [3.05, 3.63) is 52.7 Å². The van der Waals surface area contributed by atoms with Crippen LogP contribution in [0.4, 0.5) is 5.82 Å². The standard InChI is InChI=1S/C16H13N3S2/c1-10-4-6-11(7-5-10)12-9-21-16-18-14(15(17)19(12)16)13-3-2-8-20-13/h2-9H,17H2,1H3. The van der Waals surface area contributed by atoms with Crippen LogP contribution in [0.25, 0.3) is 26.8 Å². The topological polar surface area (TPSA) is 43.3 Å². The molecule has 3 heterocycles. The number of benzene rings is 1. The fourth-order valence-electron chi connectivity index (χ4n) is 2.40. The van der Waals surface area contributed by atoms with Gasteiger partial charge in [0.2, 0.25) is 0 Å². The Morgan fingerprint density at radius 3 is 2.62 bits per heavy atom. The van der Waals surface area contributed by atoms with Gasteiger partial charge in [-0.25, -0.2) is 4.98 Å². The monoisotopic (exact) mass is 311 g/mol. The van der Waals surface area contributed by atoms with Crippen LogP contribution in [-0.2, 0) is 0 Å². The highest BCUT2D eigenvalue weighted by Gasteiger charge is 2.17. The van der Waals surface area contributed by atoms with Crippen molar-refractivity contribution in [2.75, 3.05) is 5.73 Å². The molecular weight excluding hydrogens is 298 g/mol. The van der Waals surface area contributed by atoms with Crippen molar-refractivity contribution in [2.45, 2.75) is 6.92 Å². The molecule has 2 N–H and O–H groups in total. The van der Waals surface area contributed by atoms with Gasteiger partial charge in [-0.1, -0.05) is 35.9 Å². The van der Waals surface area contributed by atoms with Gasteiger partial charge in [0.05, 0.1) is 10.6 Å². The number of fused-ring (bicyclic) bond motifs is 1. The minimum absolute atomic E-state index is 0.712. The second kappa shape index (κ2) is 4.72. The number of nitrogen functional groups attached to an aromatic ring is 1. The zero-order valence-electron chi connectivity index (χ0n) is 11.4. The largest absolute Gasteiger partial charge is 0.383 e. The van der Waals surface area contributed by atoms with Gasteiger partial charge in [-0.05, 0) is 23.9 Å². The van der Waals surface area contributed by atoms with Crippen molar-refractivity contribution in [3.8, 4) is 21.8 Å². The van der Waals surface area contributed by atoms with Crippen molar-refractivity contribution in [1.82, 2.24) is 9.38 Å². The molecule has 0 atom stereocenters. The van der Waals surface area contributed by atoms with Crippen molar-refractivity contribution in [2.24, 2.45) is 0 Å². The van der Waals surface area contributed by atoms with Gasteiger partial charge < -0.3 is 5.73 Å². The Balaban J connectivity index is 1.93. The molecule has 0 fully saturated rings. The van der Waals surface area contributed by atoms with Crippen LogP contribution in [0.15, 0.2) is 47.2 Å². The first-order valence-corrected chi connectivity index (χ1v) is 8.36. The predicted molar refractivity (Wildman–Crippen MR) is 91.0 cm³/mol. The number of nitrogens with zero attached hydrogens (tertiary/aromatic N) is 2. The van der Waals surface area contributed by atoms with E-state index in [4.69, 9.17) is 5.73 Å². The number of thiophene rings is 1. The summed E-state index contributed by atoms with van der Waals surface area (Å²) in [5.74, 6) is 0.712. The Morgan fingerprint density at radius 2 is 1.90 bits per heavy atom. The molecular formula is C16H13N3S2. The number of hydrogen-bond acceptors (Lipinski definition) is 4. The number of imidazole rings is 1. The summed E-state index contributed by atoms with van der Waals surface area (Å²) in [6.07, 6.45) is 0. The lowest BCUT2D eigenvalue weighted by Crippen LogP contribution is -1.94. The van der Waals surface area contributed by atoms with Crippen LogP contribution in [0, 0.1) is 6.92 Å². The normalized spacial score (nSPS) is 11.3. The van der Waals surface area contributed by atoms with Gasteiger partial charge in [0.25, 0.3) is 0 Å². The van der Waals surface area contributed by atoms with Gasteiger partial charge in [-0.15, -0.1) is 22.7 Å². The first-order valence-electron chi connectivity index (χ1n) is 6.60. The molecule has 0 aliphatic heterocycles. The number of aromatic nitrogens is 2. The van der Waals surface area contributed by atoms with Gasteiger partial charge in [0.15, 0.2) is 4.96 Å². The summed E-state index contributed by atoms with van der Waals surface area (Å²) >= 11 is 3.28. The molecule has 104 valence electrons. The van der Waals surface area contributed by atoms with Crippen LogP contribution < -0.4 is 5.73 Å². The van der Waals surface area contributed by atoms with E-state index in [1.807, 2.05) is 15.8 Å². The first-order chi connectivity index (χ1) is 10.2. The summed E-state index contributed by atoms with van der Waals surface area (Å²) in [6, 6.07) is 12.6. The molecule has 4 rings (SSSR count).